The predicted octanol–water partition coefficient (Wildman–Crippen LogP) is 1.05. The summed E-state index contributed by atoms with van der Waals surface area (Å²) < 4.78 is 0. The van der Waals surface area contributed by atoms with Gasteiger partial charge in [-0.1, -0.05) is 19.1 Å². The molecule has 0 radical (unpaired) electrons. The van der Waals surface area contributed by atoms with E-state index >= 15 is 0 Å². The minimum Gasteiger partial charge on any atom is -0.389 e. The van der Waals surface area contributed by atoms with Gasteiger partial charge in [0.15, 0.2) is 5.82 Å². The molecule has 16 heavy (non-hydrogen) atoms. The van der Waals surface area contributed by atoms with Gasteiger partial charge < -0.3 is 10.6 Å². The summed E-state index contributed by atoms with van der Waals surface area (Å²) in [4.78, 5) is 2.60. The van der Waals surface area contributed by atoms with Gasteiger partial charge in [-0.05, 0) is 6.07 Å². The van der Waals surface area contributed by atoms with Crippen LogP contribution < -0.4 is 10.6 Å². The molecule has 1 unspecified atom stereocenters. The predicted molar refractivity (Wildman–Crippen MR) is 72.1 cm³/mol. The lowest BCUT2D eigenvalue weighted by atomic mass is 10.2. The second kappa shape index (κ2) is 4.97. The Morgan fingerprint density at radius 3 is 3.19 bits per heavy atom. The summed E-state index contributed by atoms with van der Waals surface area (Å²) in [6.07, 6.45) is 1.63. The van der Waals surface area contributed by atoms with E-state index in [1.165, 1.54) is 0 Å². The lowest BCUT2D eigenvalue weighted by Gasteiger charge is -2.32. The summed E-state index contributed by atoms with van der Waals surface area (Å²) >= 11 is 7.00. The lowest BCUT2D eigenvalue weighted by molar-refractivity contribution is 0.758. The molecule has 0 saturated carbocycles. The molecule has 0 aliphatic carbocycles. The number of aromatic nitrogens is 2. The van der Waals surface area contributed by atoms with Crippen LogP contribution in [0.15, 0.2) is 12.3 Å². The lowest BCUT2D eigenvalue weighted by Crippen LogP contribution is -2.38. The van der Waals surface area contributed by atoms with Crippen LogP contribution in [-0.2, 0) is 0 Å². The molecule has 0 bridgehead atoms. The number of thiocarbonyl (C=S) groups is 1. The van der Waals surface area contributed by atoms with Crippen molar-refractivity contribution in [3.05, 3.63) is 17.8 Å². The van der Waals surface area contributed by atoms with E-state index in [0.717, 1.165) is 30.2 Å². The fourth-order valence-corrected chi connectivity index (χ4v) is 2.93. The maximum atomic E-state index is 5.69. The molecular formula is C10H14N4S2. The quantitative estimate of drug-likeness (QED) is 0.796. The van der Waals surface area contributed by atoms with Crippen LogP contribution in [0.5, 0.6) is 0 Å². The monoisotopic (exact) mass is 254 g/mol. The normalized spacial score (nSPS) is 20.8. The highest BCUT2D eigenvalue weighted by atomic mass is 32.2. The van der Waals surface area contributed by atoms with Crippen molar-refractivity contribution in [2.75, 3.05) is 23.7 Å². The molecule has 0 spiro atoms. The van der Waals surface area contributed by atoms with Crippen molar-refractivity contribution < 1.29 is 0 Å². The second-order valence-corrected chi connectivity index (χ2v) is 5.75. The molecule has 0 amide bonds. The molecule has 1 aromatic rings. The fraction of sp³-hybridized carbons (Fsp3) is 0.500. The first-order valence-corrected chi connectivity index (χ1v) is 6.62. The summed E-state index contributed by atoms with van der Waals surface area (Å²) in [6.45, 7) is 4.16. The molecule has 1 atom stereocenters. The van der Waals surface area contributed by atoms with Gasteiger partial charge in [-0.3, -0.25) is 0 Å². The van der Waals surface area contributed by atoms with Crippen molar-refractivity contribution in [3.8, 4) is 0 Å². The van der Waals surface area contributed by atoms with Crippen molar-refractivity contribution >= 4 is 34.8 Å². The summed E-state index contributed by atoms with van der Waals surface area (Å²) in [6, 6.07) is 1.83. The number of nitrogens with zero attached hydrogens (tertiary/aromatic N) is 3. The van der Waals surface area contributed by atoms with Crippen LogP contribution in [0.1, 0.15) is 12.5 Å². The third kappa shape index (κ3) is 2.44. The van der Waals surface area contributed by atoms with Crippen LogP contribution >= 0.6 is 24.0 Å². The third-order valence-corrected chi connectivity index (χ3v) is 3.86. The van der Waals surface area contributed by atoms with E-state index in [1.54, 1.807) is 6.20 Å². The summed E-state index contributed by atoms with van der Waals surface area (Å²) in [5.41, 5.74) is 6.51. The van der Waals surface area contributed by atoms with Crippen LogP contribution in [0.2, 0.25) is 0 Å². The van der Waals surface area contributed by atoms with E-state index in [1.807, 2.05) is 17.8 Å². The van der Waals surface area contributed by atoms with Crippen LogP contribution in [0, 0.1) is 0 Å². The van der Waals surface area contributed by atoms with Crippen molar-refractivity contribution in [2.45, 2.75) is 12.2 Å². The zero-order valence-corrected chi connectivity index (χ0v) is 10.7. The van der Waals surface area contributed by atoms with Gasteiger partial charge in [-0.2, -0.15) is 16.9 Å². The first kappa shape index (κ1) is 11.6. The Kier molecular flexibility index (Phi) is 3.60. The molecular weight excluding hydrogens is 240 g/mol. The molecule has 4 nitrogen and oxygen atoms in total. The van der Waals surface area contributed by atoms with E-state index < -0.39 is 0 Å². The Bertz CT molecular complexity index is 396. The van der Waals surface area contributed by atoms with E-state index in [0.29, 0.717) is 10.2 Å². The number of hydrogen-bond donors (Lipinski definition) is 1. The van der Waals surface area contributed by atoms with E-state index in [2.05, 4.69) is 22.0 Å². The standard InChI is InChI=1S/C10H14N4S2/c1-7-6-14(4-5-16-7)10-8(9(11)15)2-3-12-13-10/h2-3,7H,4-6H2,1H3,(H2,11,15). The highest BCUT2D eigenvalue weighted by Crippen LogP contribution is 2.24. The minimum atomic E-state index is 0.385. The van der Waals surface area contributed by atoms with Crippen LogP contribution in [0.25, 0.3) is 0 Å². The van der Waals surface area contributed by atoms with Gasteiger partial charge in [0.1, 0.15) is 4.99 Å². The highest BCUT2D eigenvalue weighted by Gasteiger charge is 2.21. The number of nitrogens with two attached hydrogens (primary N) is 1. The highest BCUT2D eigenvalue weighted by molar-refractivity contribution is 8.00. The summed E-state index contributed by atoms with van der Waals surface area (Å²) in [5, 5.41) is 8.68. The second-order valence-electron chi connectivity index (χ2n) is 3.76. The number of hydrogen-bond acceptors (Lipinski definition) is 5. The molecule has 0 aromatic carbocycles. The van der Waals surface area contributed by atoms with E-state index in [4.69, 9.17) is 18.0 Å². The Morgan fingerprint density at radius 1 is 1.69 bits per heavy atom. The molecule has 86 valence electrons. The topological polar surface area (TPSA) is 55.0 Å². The fourth-order valence-electron chi connectivity index (χ4n) is 1.76. The molecule has 1 aliphatic heterocycles. The van der Waals surface area contributed by atoms with Crippen molar-refractivity contribution in [2.24, 2.45) is 5.73 Å². The Hall–Kier alpha value is -0.880. The van der Waals surface area contributed by atoms with Gasteiger partial charge in [0.25, 0.3) is 0 Å². The maximum Gasteiger partial charge on any atom is 0.161 e. The molecule has 1 aromatic heterocycles. The Balaban J connectivity index is 2.28. The largest absolute Gasteiger partial charge is 0.389 e. The average molecular weight is 254 g/mol. The molecule has 2 N–H and O–H groups in total. The van der Waals surface area contributed by atoms with Gasteiger partial charge >= 0.3 is 0 Å². The molecule has 2 heterocycles. The van der Waals surface area contributed by atoms with Crippen LogP contribution in [0.3, 0.4) is 0 Å². The van der Waals surface area contributed by atoms with Gasteiger partial charge in [-0.15, -0.1) is 5.10 Å². The number of rotatable bonds is 2. The minimum absolute atomic E-state index is 0.385. The molecule has 1 aliphatic rings. The molecule has 1 fully saturated rings. The van der Waals surface area contributed by atoms with Gasteiger partial charge in [0, 0.05) is 24.1 Å². The van der Waals surface area contributed by atoms with E-state index in [-0.39, 0.29) is 0 Å². The van der Waals surface area contributed by atoms with E-state index in [9.17, 15) is 0 Å². The Morgan fingerprint density at radius 2 is 2.50 bits per heavy atom. The summed E-state index contributed by atoms with van der Waals surface area (Å²) in [7, 11) is 0. The zero-order chi connectivity index (χ0) is 11.5. The SMILES string of the molecule is CC1CN(c2nnccc2C(N)=S)CCS1. The molecule has 6 heteroatoms. The van der Waals surface area contributed by atoms with Crippen LogP contribution in [0.4, 0.5) is 5.82 Å². The first-order chi connectivity index (χ1) is 7.68. The smallest absolute Gasteiger partial charge is 0.161 e. The van der Waals surface area contributed by atoms with Gasteiger partial charge in [0.05, 0.1) is 11.8 Å². The van der Waals surface area contributed by atoms with Crippen molar-refractivity contribution in [3.63, 3.8) is 0 Å². The van der Waals surface area contributed by atoms with Crippen molar-refractivity contribution in [1.82, 2.24) is 10.2 Å². The van der Waals surface area contributed by atoms with Gasteiger partial charge in [-0.25, -0.2) is 0 Å². The third-order valence-electron chi connectivity index (χ3n) is 2.51. The summed E-state index contributed by atoms with van der Waals surface area (Å²) in [5.74, 6) is 1.93. The maximum absolute atomic E-state index is 5.69. The zero-order valence-electron chi connectivity index (χ0n) is 9.09. The average Bonchev–Trinajstić information content (AvgIpc) is 2.29. The number of anilines is 1. The van der Waals surface area contributed by atoms with Crippen LogP contribution in [-0.4, -0.2) is 39.3 Å². The number of thioether (sulfide) groups is 1. The molecule has 2 rings (SSSR count). The van der Waals surface area contributed by atoms with Gasteiger partial charge in [0.2, 0.25) is 0 Å². The molecule has 1 saturated heterocycles. The first-order valence-electron chi connectivity index (χ1n) is 5.16. The Labute approximate surface area is 105 Å². The van der Waals surface area contributed by atoms with Crippen molar-refractivity contribution in [1.29, 1.82) is 0 Å².